The van der Waals surface area contributed by atoms with Crippen LogP contribution in [0.25, 0.3) is 0 Å². The molecule has 1 aliphatic rings. The molecular weight excluding hydrogens is 390 g/mol. The molecule has 0 radical (unpaired) electrons. The predicted octanol–water partition coefficient (Wildman–Crippen LogP) is 3.83. The average Bonchev–Trinajstić information content (AvgIpc) is 2.75. The summed E-state index contributed by atoms with van der Waals surface area (Å²) in [7, 11) is 1.65. The van der Waals surface area contributed by atoms with E-state index in [-0.39, 0.29) is 24.1 Å². The molecule has 166 valence electrons. The third kappa shape index (κ3) is 6.07. The summed E-state index contributed by atoms with van der Waals surface area (Å²) in [4.78, 5) is 29.1. The molecule has 1 aliphatic heterocycles. The number of carbonyl (C=O) groups is 2. The van der Waals surface area contributed by atoms with Gasteiger partial charge in [-0.15, -0.1) is 0 Å². The van der Waals surface area contributed by atoms with E-state index in [1.54, 1.807) is 11.9 Å². The van der Waals surface area contributed by atoms with Gasteiger partial charge in [0.15, 0.2) is 0 Å². The molecule has 6 heteroatoms. The standard InChI is InChI=1S/C25H33N3O3/c1-25(2,3)31-24(30)27-15-16-28(21(18-27)17-22(29)26-4)23(19-11-7-5-8-12-19)20-13-9-6-10-14-20/h5-14,21,23H,15-18H2,1-4H3,(H,26,29). The molecule has 1 heterocycles. The Morgan fingerprint density at radius 1 is 1.00 bits per heavy atom. The van der Waals surface area contributed by atoms with Gasteiger partial charge in [-0.2, -0.15) is 0 Å². The molecule has 0 saturated carbocycles. The first kappa shape index (κ1) is 22.8. The zero-order valence-electron chi connectivity index (χ0n) is 18.9. The SMILES string of the molecule is CNC(=O)CC1CN(C(=O)OC(C)(C)C)CCN1C(c1ccccc1)c1ccccc1. The van der Waals surface area contributed by atoms with Crippen LogP contribution >= 0.6 is 0 Å². The van der Waals surface area contributed by atoms with Gasteiger partial charge in [0.2, 0.25) is 5.91 Å². The summed E-state index contributed by atoms with van der Waals surface area (Å²) < 4.78 is 5.59. The molecule has 0 aliphatic carbocycles. The molecule has 31 heavy (non-hydrogen) atoms. The Kier molecular flexibility index (Phi) is 7.33. The zero-order valence-corrected chi connectivity index (χ0v) is 18.9. The number of amides is 2. The van der Waals surface area contributed by atoms with E-state index in [9.17, 15) is 9.59 Å². The molecule has 1 N–H and O–H groups in total. The van der Waals surface area contributed by atoms with Crippen LogP contribution in [0.1, 0.15) is 44.4 Å². The van der Waals surface area contributed by atoms with E-state index in [0.29, 0.717) is 26.1 Å². The molecule has 0 spiro atoms. The molecule has 1 saturated heterocycles. The van der Waals surface area contributed by atoms with Gasteiger partial charge in [0.05, 0.1) is 6.04 Å². The molecular formula is C25H33N3O3. The molecule has 2 aromatic rings. The van der Waals surface area contributed by atoms with Crippen molar-refractivity contribution < 1.29 is 14.3 Å². The van der Waals surface area contributed by atoms with Crippen LogP contribution in [0.3, 0.4) is 0 Å². The van der Waals surface area contributed by atoms with E-state index >= 15 is 0 Å². The smallest absolute Gasteiger partial charge is 0.410 e. The molecule has 2 amide bonds. The van der Waals surface area contributed by atoms with Crippen LogP contribution in [-0.4, -0.2) is 60.1 Å². The highest BCUT2D eigenvalue weighted by Gasteiger charge is 2.37. The van der Waals surface area contributed by atoms with Crippen LogP contribution in [0, 0.1) is 0 Å². The van der Waals surface area contributed by atoms with Crippen molar-refractivity contribution in [1.29, 1.82) is 0 Å². The molecule has 0 bridgehead atoms. The summed E-state index contributed by atoms with van der Waals surface area (Å²) in [5.41, 5.74) is 1.78. The molecule has 1 unspecified atom stereocenters. The highest BCUT2D eigenvalue weighted by molar-refractivity contribution is 5.76. The lowest BCUT2D eigenvalue weighted by atomic mass is 9.93. The molecule has 3 rings (SSSR count). The number of benzene rings is 2. The average molecular weight is 424 g/mol. The molecule has 1 fully saturated rings. The van der Waals surface area contributed by atoms with Crippen molar-refractivity contribution in [2.75, 3.05) is 26.7 Å². The zero-order chi connectivity index (χ0) is 22.4. The summed E-state index contributed by atoms with van der Waals surface area (Å²) in [6.07, 6.45) is -0.0172. The highest BCUT2D eigenvalue weighted by Crippen LogP contribution is 2.33. The Bertz CT molecular complexity index is 825. The van der Waals surface area contributed by atoms with Gasteiger partial charge in [0.1, 0.15) is 5.60 Å². The molecule has 2 aromatic carbocycles. The fraction of sp³-hybridized carbons (Fsp3) is 0.440. The minimum Gasteiger partial charge on any atom is -0.444 e. The van der Waals surface area contributed by atoms with E-state index < -0.39 is 5.60 Å². The minimum absolute atomic E-state index is 0.00200. The van der Waals surface area contributed by atoms with Gasteiger partial charge in [0.25, 0.3) is 0 Å². The summed E-state index contributed by atoms with van der Waals surface area (Å²) in [5, 5.41) is 2.73. The van der Waals surface area contributed by atoms with E-state index in [1.165, 1.54) is 11.1 Å². The third-order valence-corrected chi connectivity index (χ3v) is 5.44. The lowest BCUT2D eigenvalue weighted by Gasteiger charge is -2.45. The van der Waals surface area contributed by atoms with Crippen LogP contribution in [0.15, 0.2) is 60.7 Å². The first-order valence-corrected chi connectivity index (χ1v) is 10.8. The Morgan fingerprint density at radius 3 is 2.03 bits per heavy atom. The number of carbonyl (C=O) groups excluding carboxylic acids is 2. The molecule has 0 aromatic heterocycles. The maximum atomic E-state index is 12.7. The number of ether oxygens (including phenoxy) is 1. The summed E-state index contributed by atoms with van der Waals surface area (Å²) in [6.45, 7) is 7.24. The van der Waals surface area contributed by atoms with Gasteiger partial charge >= 0.3 is 6.09 Å². The van der Waals surface area contributed by atoms with Crippen LogP contribution < -0.4 is 5.32 Å². The first-order chi connectivity index (χ1) is 14.8. The highest BCUT2D eigenvalue weighted by atomic mass is 16.6. The van der Waals surface area contributed by atoms with Crippen molar-refractivity contribution in [3.8, 4) is 0 Å². The lowest BCUT2D eigenvalue weighted by Crippen LogP contribution is -2.57. The van der Waals surface area contributed by atoms with Crippen molar-refractivity contribution in [3.63, 3.8) is 0 Å². The van der Waals surface area contributed by atoms with Gasteiger partial charge in [-0.1, -0.05) is 60.7 Å². The first-order valence-electron chi connectivity index (χ1n) is 10.8. The quantitative estimate of drug-likeness (QED) is 0.794. The van der Waals surface area contributed by atoms with Crippen LogP contribution in [0.2, 0.25) is 0 Å². The van der Waals surface area contributed by atoms with Gasteiger partial charge < -0.3 is 15.0 Å². The Balaban J connectivity index is 1.92. The normalized spacial score (nSPS) is 17.5. The largest absolute Gasteiger partial charge is 0.444 e. The second-order valence-electron chi connectivity index (χ2n) is 8.92. The van der Waals surface area contributed by atoms with E-state index in [0.717, 1.165) is 0 Å². The topological polar surface area (TPSA) is 61.9 Å². The van der Waals surface area contributed by atoms with Crippen LogP contribution in [0.5, 0.6) is 0 Å². The number of piperazine rings is 1. The van der Waals surface area contributed by atoms with Gasteiger partial charge in [-0.3, -0.25) is 9.69 Å². The lowest BCUT2D eigenvalue weighted by molar-refractivity contribution is -0.122. The van der Waals surface area contributed by atoms with Crippen LogP contribution in [-0.2, 0) is 9.53 Å². The van der Waals surface area contributed by atoms with Gasteiger partial charge in [-0.05, 0) is 31.9 Å². The summed E-state index contributed by atoms with van der Waals surface area (Å²) >= 11 is 0. The predicted molar refractivity (Wildman–Crippen MR) is 122 cm³/mol. The fourth-order valence-corrected chi connectivity index (χ4v) is 4.05. The van der Waals surface area contributed by atoms with Crippen molar-refractivity contribution in [2.45, 2.75) is 44.9 Å². The maximum Gasteiger partial charge on any atom is 0.410 e. The van der Waals surface area contributed by atoms with Crippen molar-refractivity contribution >= 4 is 12.0 Å². The Hall–Kier alpha value is -2.86. The second-order valence-corrected chi connectivity index (χ2v) is 8.92. The summed E-state index contributed by atoms with van der Waals surface area (Å²) in [6, 6.07) is 20.5. The van der Waals surface area contributed by atoms with E-state index in [4.69, 9.17) is 4.74 Å². The monoisotopic (exact) mass is 423 g/mol. The van der Waals surface area contributed by atoms with Crippen molar-refractivity contribution in [1.82, 2.24) is 15.1 Å². The van der Waals surface area contributed by atoms with Crippen molar-refractivity contribution in [2.24, 2.45) is 0 Å². The minimum atomic E-state index is -0.554. The number of rotatable bonds is 5. The van der Waals surface area contributed by atoms with Gasteiger partial charge in [0, 0.05) is 39.1 Å². The van der Waals surface area contributed by atoms with Gasteiger partial charge in [-0.25, -0.2) is 4.79 Å². The number of nitrogens with one attached hydrogen (secondary N) is 1. The summed E-state index contributed by atoms with van der Waals surface area (Å²) in [5.74, 6) is -0.0408. The Morgan fingerprint density at radius 2 is 1.55 bits per heavy atom. The van der Waals surface area contributed by atoms with Crippen LogP contribution in [0.4, 0.5) is 4.79 Å². The number of hydrogen-bond donors (Lipinski definition) is 1. The van der Waals surface area contributed by atoms with E-state index in [1.807, 2.05) is 57.2 Å². The van der Waals surface area contributed by atoms with E-state index in [2.05, 4.69) is 34.5 Å². The third-order valence-electron chi connectivity index (χ3n) is 5.44. The number of nitrogens with zero attached hydrogens (tertiary/aromatic N) is 2. The Labute approximate surface area is 185 Å². The van der Waals surface area contributed by atoms with Crippen molar-refractivity contribution in [3.05, 3.63) is 71.8 Å². The maximum absolute atomic E-state index is 12.7. The molecule has 6 nitrogen and oxygen atoms in total. The number of hydrogen-bond acceptors (Lipinski definition) is 4. The second kappa shape index (κ2) is 9.96. The fourth-order valence-electron chi connectivity index (χ4n) is 4.05. The molecule has 1 atom stereocenters.